The van der Waals surface area contributed by atoms with E-state index in [2.05, 4.69) is 12.2 Å². The highest BCUT2D eigenvalue weighted by Gasteiger charge is 2.14. The molecule has 0 saturated carbocycles. The Morgan fingerprint density at radius 1 is 1.35 bits per heavy atom. The molecular formula is C15H23ClF2N2. The van der Waals surface area contributed by atoms with Gasteiger partial charge in [0.15, 0.2) is 0 Å². The minimum Gasteiger partial charge on any atom is -0.310 e. The van der Waals surface area contributed by atoms with E-state index in [-0.39, 0.29) is 12.6 Å². The van der Waals surface area contributed by atoms with Gasteiger partial charge in [-0.2, -0.15) is 0 Å². The van der Waals surface area contributed by atoms with Crippen molar-refractivity contribution in [2.45, 2.75) is 32.2 Å². The molecule has 0 saturated heterocycles. The smallest absolute Gasteiger partial charge is 0.251 e. The molecule has 0 bridgehead atoms. The molecule has 0 aliphatic carbocycles. The molecule has 1 aromatic rings. The van der Waals surface area contributed by atoms with E-state index < -0.39 is 6.43 Å². The van der Waals surface area contributed by atoms with Crippen molar-refractivity contribution in [3.05, 3.63) is 34.9 Å². The van der Waals surface area contributed by atoms with E-state index in [0.717, 1.165) is 24.9 Å². The number of rotatable bonds is 9. The normalized spacial score (nSPS) is 13.2. The van der Waals surface area contributed by atoms with E-state index in [1.165, 1.54) is 0 Å². The standard InChI is InChI=1S/C15H23ClF2N2/c1-3-8-19-14(7-9-20(2)11-15(17)18)12-5-4-6-13(16)10-12/h4-6,10,14-15,19H,3,7-9,11H2,1-2H3. The van der Waals surface area contributed by atoms with E-state index >= 15 is 0 Å². The summed E-state index contributed by atoms with van der Waals surface area (Å²) < 4.78 is 24.6. The number of nitrogens with one attached hydrogen (secondary N) is 1. The van der Waals surface area contributed by atoms with Crippen LogP contribution in [-0.4, -0.2) is 38.0 Å². The third-order valence-electron chi connectivity index (χ3n) is 3.14. The van der Waals surface area contributed by atoms with Gasteiger partial charge in [0.05, 0.1) is 6.54 Å². The van der Waals surface area contributed by atoms with Crippen LogP contribution in [0.4, 0.5) is 8.78 Å². The molecule has 1 atom stereocenters. The summed E-state index contributed by atoms with van der Waals surface area (Å²) in [4.78, 5) is 1.66. The molecule has 1 N–H and O–H groups in total. The highest BCUT2D eigenvalue weighted by atomic mass is 35.5. The minimum atomic E-state index is -2.28. The average molecular weight is 305 g/mol. The summed E-state index contributed by atoms with van der Waals surface area (Å²) >= 11 is 6.02. The Morgan fingerprint density at radius 3 is 2.70 bits per heavy atom. The van der Waals surface area contributed by atoms with Crippen molar-refractivity contribution in [1.29, 1.82) is 0 Å². The van der Waals surface area contributed by atoms with Gasteiger partial charge in [0.1, 0.15) is 0 Å². The molecule has 114 valence electrons. The van der Waals surface area contributed by atoms with Crippen LogP contribution in [0.3, 0.4) is 0 Å². The lowest BCUT2D eigenvalue weighted by atomic mass is 10.0. The number of benzene rings is 1. The van der Waals surface area contributed by atoms with Crippen LogP contribution >= 0.6 is 11.6 Å². The SMILES string of the molecule is CCCNC(CCN(C)CC(F)F)c1cccc(Cl)c1. The van der Waals surface area contributed by atoms with Gasteiger partial charge in [0, 0.05) is 11.1 Å². The van der Waals surface area contributed by atoms with Crippen LogP contribution in [0.2, 0.25) is 5.02 Å². The number of hydrogen-bond donors (Lipinski definition) is 1. The maximum absolute atomic E-state index is 12.3. The van der Waals surface area contributed by atoms with Crippen LogP contribution in [-0.2, 0) is 0 Å². The van der Waals surface area contributed by atoms with Gasteiger partial charge in [0.2, 0.25) is 0 Å². The number of alkyl halides is 2. The molecule has 5 heteroatoms. The highest BCUT2D eigenvalue weighted by molar-refractivity contribution is 6.30. The van der Waals surface area contributed by atoms with Crippen molar-refractivity contribution in [1.82, 2.24) is 10.2 Å². The van der Waals surface area contributed by atoms with Crippen molar-refractivity contribution in [2.75, 3.05) is 26.7 Å². The second-order valence-electron chi connectivity index (χ2n) is 5.00. The summed E-state index contributed by atoms with van der Waals surface area (Å²) in [6.45, 7) is 3.44. The fourth-order valence-corrected chi connectivity index (χ4v) is 2.30. The Labute approximate surface area is 125 Å². The van der Waals surface area contributed by atoms with Gasteiger partial charge in [-0.1, -0.05) is 30.7 Å². The summed E-state index contributed by atoms with van der Waals surface area (Å²) in [5.41, 5.74) is 1.11. The molecule has 1 aromatic carbocycles. The van der Waals surface area contributed by atoms with Crippen LogP contribution in [0.5, 0.6) is 0 Å². The predicted molar refractivity (Wildman–Crippen MR) is 80.6 cm³/mol. The average Bonchev–Trinajstić information content (AvgIpc) is 2.38. The third-order valence-corrected chi connectivity index (χ3v) is 3.38. The molecule has 1 rings (SSSR count). The second kappa shape index (κ2) is 9.27. The van der Waals surface area contributed by atoms with E-state index in [0.29, 0.717) is 11.6 Å². The minimum absolute atomic E-state index is 0.147. The zero-order valence-electron chi connectivity index (χ0n) is 12.1. The molecule has 0 aliphatic heterocycles. The molecule has 0 heterocycles. The van der Waals surface area contributed by atoms with Crippen LogP contribution in [0.15, 0.2) is 24.3 Å². The Hall–Kier alpha value is -0.710. The van der Waals surface area contributed by atoms with E-state index in [1.54, 1.807) is 11.9 Å². The Bertz CT molecular complexity index is 388. The summed E-state index contributed by atoms with van der Waals surface area (Å²) in [5.74, 6) is 0. The van der Waals surface area contributed by atoms with E-state index in [4.69, 9.17) is 11.6 Å². The van der Waals surface area contributed by atoms with Crippen molar-refractivity contribution < 1.29 is 8.78 Å². The fourth-order valence-electron chi connectivity index (χ4n) is 2.10. The number of nitrogens with zero attached hydrogens (tertiary/aromatic N) is 1. The number of halogens is 3. The molecule has 0 amide bonds. The molecule has 2 nitrogen and oxygen atoms in total. The molecule has 20 heavy (non-hydrogen) atoms. The van der Waals surface area contributed by atoms with Gasteiger partial charge in [-0.3, -0.25) is 0 Å². The fraction of sp³-hybridized carbons (Fsp3) is 0.600. The molecular weight excluding hydrogens is 282 g/mol. The molecule has 0 aromatic heterocycles. The lowest BCUT2D eigenvalue weighted by Gasteiger charge is -2.23. The Morgan fingerprint density at radius 2 is 2.10 bits per heavy atom. The quantitative estimate of drug-likeness (QED) is 0.742. The highest BCUT2D eigenvalue weighted by Crippen LogP contribution is 2.21. The first-order valence-electron chi connectivity index (χ1n) is 6.98. The van der Waals surface area contributed by atoms with Gasteiger partial charge in [-0.15, -0.1) is 0 Å². The zero-order valence-corrected chi connectivity index (χ0v) is 12.8. The molecule has 0 aliphatic rings. The molecule has 0 radical (unpaired) electrons. The van der Waals surface area contributed by atoms with Gasteiger partial charge in [0.25, 0.3) is 6.43 Å². The summed E-state index contributed by atoms with van der Waals surface area (Å²) in [6, 6.07) is 7.86. The zero-order chi connectivity index (χ0) is 15.0. The van der Waals surface area contributed by atoms with Crippen LogP contribution in [0.25, 0.3) is 0 Å². The number of hydrogen-bond acceptors (Lipinski definition) is 2. The Kier molecular flexibility index (Phi) is 8.04. The van der Waals surface area contributed by atoms with Crippen molar-refractivity contribution in [3.63, 3.8) is 0 Å². The van der Waals surface area contributed by atoms with E-state index in [9.17, 15) is 8.78 Å². The maximum Gasteiger partial charge on any atom is 0.251 e. The molecule has 1 unspecified atom stereocenters. The van der Waals surface area contributed by atoms with Crippen molar-refractivity contribution >= 4 is 11.6 Å². The van der Waals surface area contributed by atoms with Crippen LogP contribution in [0, 0.1) is 0 Å². The van der Waals surface area contributed by atoms with Crippen molar-refractivity contribution in [3.8, 4) is 0 Å². The lowest BCUT2D eigenvalue weighted by Crippen LogP contribution is -2.30. The third kappa shape index (κ3) is 6.64. The largest absolute Gasteiger partial charge is 0.310 e. The summed E-state index contributed by atoms with van der Waals surface area (Å²) in [6.07, 6.45) is -0.471. The van der Waals surface area contributed by atoms with Gasteiger partial charge in [-0.25, -0.2) is 8.78 Å². The first-order valence-corrected chi connectivity index (χ1v) is 7.36. The first kappa shape index (κ1) is 17.3. The Balaban J connectivity index is 2.60. The maximum atomic E-state index is 12.3. The summed E-state index contributed by atoms with van der Waals surface area (Å²) in [7, 11) is 1.72. The lowest BCUT2D eigenvalue weighted by molar-refractivity contribution is 0.0984. The topological polar surface area (TPSA) is 15.3 Å². The first-order chi connectivity index (χ1) is 9.52. The second-order valence-corrected chi connectivity index (χ2v) is 5.44. The molecule has 0 fully saturated rings. The van der Waals surface area contributed by atoms with Crippen molar-refractivity contribution in [2.24, 2.45) is 0 Å². The monoisotopic (exact) mass is 304 g/mol. The van der Waals surface area contributed by atoms with Gasteiger partial charge in [-0.05, 0) is 50.7 Å². The predicted octanol–water partition coefficient (Wildman–Crippen LogP) is 3.97. The van der Waals surface area contributed by atoms with Gasteiger partial charge < -0.3 is 10.2 Å². The van der Waals surface area contributed by atoms with Crippen LogP contribution in [0.1, 0.15) is 31.4 Å². The van der Waals surface area contributed by atoms with Gasteiger partial charge >= 0.3 is 0 Å². The van der Waals surface area contributed by atoms with E-state index in [1.807, 2.05) is 24.3 Å². The van der Waals surface area contributed by atoms with Crippen LogP contribution < -0.4 is 5.32 Å². The summed E-state index contributed by atoms with van der Waals surface area (Å²) in [5, 5.41) is 4.15. The molecule has 0 spiro atoms.